The fourth-order valence-electron chi connectivity index (χ4n) is 10.1. The molecule has 0 nitrogen and oxygen atoms in total. The van der Waals surface area contributed by atoms with Crippen molar-refractivity contribution in [3.05, 3.63) is 185 Å². The third kappa shape index (κ3) is 4.24. The van der Waals surface area contributed by atoms with E-state index in [4.69, 9.17) is 0 Å². The molecule has 0 atom stereocenters. The number of hydrogen-bond donors (Lipinski definition) is 0. The van der Waals surface area contributed by atoms with Crippen molar-refractivity contribution in [1.29, 1.82) is 0 Å². The first kappa shape index (κ1) is 32.6. The van der Waals surface area contributed by atoms with Gasteiger partial charge in [0.25, 0.3) is 0 Å². The molecule has 0 radical (unpaired) electrons. The summed E-state index contributed by atoms with van der Waals surface area (Å²) in [5, 5.41) is 4.66. The lowest BCUT2D eigenvalue weighted by Gasteiger charge is -2.34. The maximum atomic E-state index is 2.47. The van der Waals surface area contributed by atoms with E-state index in [1.165, 1.54) is 118 Å². The van der Waals surface area contributed by atoms with Gasteiger partial charge in [-0.25, -0.2) is 0 Å². The highest BCUT2D eigenvalue weighted by Crippen LogP contribution is 2.69. The first-order valence-corrected chi connectivity index (χ1v) is 21.5. The highest BCUT2D eigenvalue weighted by molar-refractivity contribution is 7.34. The molecule has 4 heterocycles. The maximum absolute atomic E-state index is 2.47. The summed E-state index contributed by atoms with van der Waals surface area (Å²) >= 11 is 7.97. The van der Waals surface area contributed by atoms with Gasteiger partial charge in [-0.15, -0.1) is 45.3 Å². The Balaban J connectivity index is 1.40. The molecule has 4 aromatic heterocycles. The Hall–Kier alpha value is -4.06. The summed E-state index contributed by atoms with van der Waals surface area (Å²) in [5.41, 5.74) is 21.1. The molecular formula is C48H40S4. The molecule has 256 valence electrons. The van der Waals surface area contributed by atoms with Gasteiger partial charge in [0, 0.05) is 20.9 Å². The molecule has 4 aromatic carbocycles. The molecule has 0 saturated heterocycles. The summed E-state index contributed by atoms with van der Waals surface area (Å²) < 4.78 is 2.92. The maximum Gasteiger partial charge on any atom is 0.0745 e. The smallest absolute Gasteiger partial charge is 0.0745 e. The van der Waals surface area contributed by atoms with Crippen molar-refractivity contribution in [3.8, 4) is 19.5 Å². The Bertz CT molecular complexity index is 2410. The Morgan fingerprint density at radius 2 is 0.615 bits per heavy atom. The van der Waals surface area contributed by atoms with Crippen LogP contribution in [0.4, 0.5) is 0 Å². The number of thiophene rings is 4. The van der Waals surface area contributed by atoms with E-state index < -0.39 is 10.8 Å². The van der Waals surface area contributed by atoms with Crippen LogP contribution in [0.15, 0.2) is 95.7 Å². The van der Waals surface area contributed by atoms with Crippen LogP contribution in [-0.2, 0) is 10.8 Å². The van der Waals surface area contributed by atoms with Crippen LogP contribution in [0.25, 0.3) is 28.9 Å². The van der Waals surface area contributed by atoms with E-state index in [1.807, 2.05) is 22.7 Å². The first-order chi connectivity index (χ1) is 25.0. The molecular weight excluding hydrogens is 705 g/mol. The zero-order valence-corrected chi connectivity index (χ0v) is 34.1. The van der Waals surface area contributed by atoms with Crippen LogP contribution in [0.5, 0.6) is 0 Å². The van der Waals surface area contributed by atoms with Gasteiger partial charge >= 0.3 is 0 Å². The molecule has 0 spiro atoms. The molecule has 52 heavy (non-hydrogen) atoms. The fraction of sp³-hybridized carbons (Fsp3) is 0.208. The predicted molar refractivity (Wildman–Crippen MR) is 228 cm³/mol. The molecule has 0 bridgehead atoms. The first-order valence-electron chi connectivity index (χ1n) is 18.1. The van der Waals surface area contributed by atoms with Gasteiger partial charge in [-0.05, 0) is 112 Å². The second-order valence-corrected chi connectivity index (χ2v) is 19.5. The monoisotopic (exact) mass is 744 g/mol. The quantitative estimate of drug-likeness (QED) is 0.168. The van der Waals surface area contributed by atoms with Crippen molar-refractivity contribution in [3.63, 3.8) is 0 Å². The van der Waals surface area contributed by atoms with Crippen LogP contribution in [0.2, 0.25) is 0 Å². The van der Waals surface area contributed by atoms with E-state index in [9.17, 15) is 0 Å². The largest absolute Gasteiger partial charge is 0.143 e. The summed E-state index contributed by atoms with van der Waals surface area (Å²) in [6.45, 7) is 18.1. The van der Waals surface area contributed by atoms with Gasteiger partial charge in [0.2, 0.25) is 0 Å². The van der Waals surface area contributed by atoms with Gasteiger partial charge in [0.1, 0.15) is 0 Å². The molecule has 0 N–H and O–H groups in total. The lowest BCUT2D eigenvalue weighted by atomic mass is 9.66. The van der Waals surface area contributed by atoms with Crippen LogP contribution in [0.1, 0.15) is 89.0 Å². The van der Waals surface area contributed by atoms with Crippen LogP contribution in [0.3, 0.4) is 0 Å². The summed E-state index contributed by atoms with van der Waals surface area (Å²) in [5.74, 6) is 0. The minimum Gasteiger partial charge on any atom is -0.143 e. The normalized spacial score (nSPS) is 14.8. The van der Waals surface area contributed by atoms with Gasteiger partial charge in [0.05, 0.1) is 30.0 Å². The van der Waals surface area contributed by atoms with E-state index in [2.05, 4.69) is 174 Å². The lowest BCUT2D eigenvalue weighted by Crippen LogP contribution is -2.29. The van der Waals surface area contributed by atoms with Crippen LogP contribution in [0, 0.1) is 55.4 Å². The average Bonchev–Trinajstić information content (AvgIpc) is 3.88. The van der Waals surface area contributed by atoms with Crippen molar-refractivity contribution < 1.29 is 0 Å². The van der Waals surface area contributed by atoms with Gasteiger partial charge in [-0.1, -0.05) is 117 Å². The van der Waals surface area contributed by atoms with E-state index in [1.54, 1.807) is 0 Å². The number of benzene rings is 4. The molecule has 0 aliphatic heterocycles. The van der Waals surface area contributed by atoms with E-state index in [0.29, 0.717) is 0 Å². The Morgan fingerprint density at radius 3 is 0.885 bits per heavy atom. The van der Waals surface area contributed by atoms with Crippen molar-refractivity contribution in [2.24, 2.45) is 0 Å². The lowest BCUT2D eigenvalue weighted by molar-refractivity contribution is 0.771. The molecule has 0 saturated carbocycles. The number of hydrogen-bond acceptors (Lipinski definition) is 4. The molecule has 0 unspecified atom stereocenters. The zero-order chi connectivity index (χ0) is 35.8. The number of aryl methyl sites for hydroxylation is 8. The molecule has 8 aromatic rings. The molecule has 10 rings (SSSR count). The summed E-state index contributed by atoms with van der Waals surface area (Å²) in [4.78, 5) is 5.79. The zero-order valence-electron chi connectivity index (χ0n) is 30.9. The molecule has 0 fully saturated rings. The van der Waals surface area contributed by atoms with Gasteiger partial charge in [-0.3, -0.25) is 0 Å². The summed E-state index contributed by atoms with van der Waals surface area (Å²) in [7, 11) is 0. The minimum absolute atomic E-state index is 0.407. The minimum atomic E-state index is -0.407. The topological polar surface area (TPSA) is 0 Å². The van der Waals surface area contributed by atoms with E-state index >= 15 is 0 Å². The average molecular weight is 745 g/mol. The van der Waals surface area contributed by atoms with Crippen LogP contribution < -0.4 is 0 Å². The Kier molecular flexibility index (Phi) is 7.03. The van der Waals surface area contributed by atoms with Gasteiger partial charge in [0.15, 0.2) is 0 Å². The molecule has 2 aliphatic carbocycles. The third-order valence-corrected chi connectivity index (χ3v) is 16.1. The van der Waals surface area contributed by atoms with Crippen LogP contribution in [-0.4, -0.2) is 0 Å². The predicted octanol–water partition coefficient (Wildman–Crippen LogP) is 14.3. The highest BCUT2D eigenvalue weighted by Gasteiger charge is 2.54. The van der Waals surface area contributed by atoms with Crippen molar-refractivity contribution >= 4 is 54.7 Å². The Labute approximate surface area is 323 Å². The SMILES string of the molecule is Cc1cc(C)cc(C2(c3cc(C)cc(C)c3)c3ccsc3-c3sc4c5c(sc4c32)-c2sccc2C5(c2cc(C)cc(C)c2)c2cc(C)cc(C)c2)c1. The number of rotatable bonds is 4. The van der Waals surface area contributed by atoms with Crippen molar-refractivity contribution in [1.82, 2.24) is 0 Å². The van der Waals surface area contributed by atoms with Crippen molar-refractivity contribution in [2.45, 2.75) is 66.2 Å². The third-order valence-electron chi connectivity index (χ3n) is 11.4. The second kappa shape index (κ2) is 11.2. The van der Waals surface area contributed by atoms with Gasteiger partial charge in [-0.2, -0.15) is 0 Å². The molecule has 4 heteroatoms. The Morgan fingerprint density at radius 1 is 0.346 bits per heavy atom. The van der Waals surface area contributed by atoms with Crippen molar-refractivity contribution in [2.75, 3.05) is 0 Å². The highest BCUT2D eigenvalue weighted by atomic mass is 32.1. The second-order valence-electron chi connectivity index (χ2n) is 15.6. The molecule has 0 amide bonds. The van der Waals surface area contributed by atoms with E-state index in [-0.39, 0.29) is 0 Å². The fourth-order valence-corrected chi connectivity index (χ4v) is 15.4. The summed E-state index contributed by atoms with van der Waals surface area (Å²) in [6, 6.07) is 33.9. The number of fused-ring (bicyclic) bond motifs is 9. The van der Waals surface area contributed by atoms with E-state index in [0.717, 1.165) is 0 Å². The summed E-state index contributed by atoms with van der Waals surface area (Å²) in [6.07, 6.45) is 0. The van der Waals surface area contributed by atoms with Crippen LogP contribution >= 0.6 is 45.3 Å². The standard InChI is InChI=1S/C48H40S4/c1-25-13-26(2)18-33(17-25)47(34-19-27(3)14-28(4)20-34)37-9-11-49-41(37)43-39(47)45-46(51-43)40-44(52-45)42-38(10-12-50-42)48(40,35-21-29(5)15-30(6)22-35)36-23-31(7)16-32(8)24-36/h9-24H,1-8H3. The van der Waals surface area contributed by atoms with Gasteiger partial charge < -0.3 is 0 Å². The molecule has 2 aliphatic rings.